The lowest BCUT2D eigenvalue weighted by atomic mass is 9.82. The third kappa shape index (κ3) is 3.24. The summed E-state index contributed by atoms with van der Waals surface area (Å²) in [5.41, 5.74) is 4.38. The SMILES string of the molecule is CCOc1ccc2nc(C3CCC3)cc(Nc3ccc(C)c(F)c3)c2c1. The smallest absolute Gasteiger partial charge is 0.128 e. The van der Waals surface area contributed by atoms with E-state index in [9.17, 15) is 4.39 Å². The van der Waals surface area contributed by atoms with Crippen molar-refractivity contribution in [2.45, 2.75) is 39.0 Å². The van der Waals surface area contributed by atoms with E-state index in [4.69, 9.17) is 9.72 Å². The van der Waals surface area contributed by atoms with Crippen molar-refractivity contribution in [3.63, 3.8) is 0 Å². The largest absolute Gasteiger partial charge is 0.494 e. The van der Waals surface area contributed by atoms with Gasteiger partial charge in [0.2, 0.25) is 0 Å². The summed E-state index contributed by atoms with van der Waals surface area (Å²) >= 11 is 0. The van der Waals surface area contributed by atoms with Gasteiger partial charge in [0, 0.05) is 28.4 Å². The fraction of sp³-hybridized carbons (Fsp3) is 0.318. The molecule has 4 heteroatoms. The Hall–Kier alpha value is -2.62. The molecule has 134 valence electrons. The number of halogens is 1. The molecular weight excluding hydrogens is 327 g/mol. The molecule has 1 aliphatic rings. The first kappa shape index (κ1) is 16.8. The molecule has 1 N–H and O–H groups in total. The van der Waals surface area contributed by atoms with Gasteiger partial charge < -0.3 is 10.1 Å². The molecule has 3 nitrogen and oxygen atoms in total. The zero-order valence-electron chi connectivity index (χ0n) is 15.2. The van der Waals surface area contributed by atoms with Crippen LogP contribution in [0.15, 0.2) is 42.5 Å². The number of benzene rings is 2. The van der Waals surface area contributed by atoms with Gasteiger partial charge in [-0.2, -0.15) is 0 Å². The molecule has 4 rings (SSSR count). The van der Waals surface area contributed by atoms with Crippen LogP contribution in [0.25, 0.3) is 10.9 Å². The number of hydrogen-bond donors (Lipinski definition) is 1. The Morgan fingerprint density at radius 2 is 2.00 bits per heavy atom. The van der Waals surface area contributed by atoms with Crippen molar-refractivity contribution in [2.75, 3.05) is 11.9 Å². The van der Waals surface area contributed by atoms with Gasteiger partial charge in [-0.05, 0) is 68.7 Å². The highest BCUT2D eigenvalue weighted by Gasteiger charge is 2.22. The van der Waals surface area contributed by atoms with Crippen LogP contribution in [0.2, 0.25) is 0 Å². The molecule has 0 spiro atoms. The molecule has 1 saturated carbocycles. The number of fused-ring (bicyclic) bond motifs is 1. The van der Waals surface area contributed by atoms with Gasteiger partial charge in [0.1, 0.15) is 11.6 Å². The predicted molar refractivity (Wildman–Crippen MR) is 104 cm³/mol. The molecule has 2 aromatic carbocycles. The number of aryl methyl sites for hydroxylation is 1. The quantitative estimate of drug-likeness (QED) is 0.604. The molecule has 0 saturated heterocycles. The Labute approximate surface area is 153 Å². The van der Waals surface area contributed by atoms with Crippen LogP contribution >= 0.6 is 0 Å². The van der Waals surface area contributed by atoms with E-state index in [1.54, 1.807) is 13.0 Å². The van der Waals surface area contributed by atoms with E-state index >= 15 is 0 Å². The zero-order chi connectivity index (χ0) is 18.1. The van der Waals surface area contributed by atoms with E-state index in [0.717, 1.165) is 33.7 Å². The lowest BCUT2D eigenvalue weighted by molar-refractivity contribution is 0.340. The Bertz CT molecular complexity index is 950. The highest BCUT2D eigenvalue weighted by atomic mass is 19.1. The maximum absolute atomic E-state index is 14.0. The maximum Gasteiger partial charge on any atom is 0.128 e. The molecule has 0 bridgehead atoms. The van der Waals surface area contributed by atoms with Crippen LogP contribution in [-0.4, -0.2) is 11.6 Å². The fourth-order valence-electron chi connectivity index (χ4n) is 3.32. The van der Waals surface area contributed by atoms with Gasteiger partial charge in [0.25, 0.3) is 0 Å². The van der Waals surface area contributed by atoms with E-state index in [1.807, 2.05) is 31.2 Å². The van der Waals surface area contributed by atoms with Crippen molar-refractivity contribution in [3.8, 4) is 5.75 Å². The van der Waals surface area contributed by atoms with E-state index in [0.29, 0.717) is 18.1 Å². The van der Waals surface area contributed by atoms with Gasteiger partial charge in [-0.1, -0.05) is 12.5 Å². The highest BCUT2D eigenvalue weighted by Crippen LogP contribution is 2.39. The molecule has 0 aliphatic heterocycles. The van der Waals surface area contributed by atoms with E-state index in [-0.39, 0.29) is 5.82 Å². The average Bonchev–Trinajstić information content (AvgIpc) is 2.57. The summed E-state index contributed by atoms with van der Waals surface area (Å²) < 4.78 is 19.6. The molecule has 0 radical (unpaired) electrons. The van der Waals surface area contributed by atoms with Gasteiger partial charge in [-0.15, -0.1) is 0 Å². The number of anilines is 2. The third-order valence-electron chi connectivity index (χ3n) is 5.09. The van der Waals surface area contributed by atoms with Gasteiger partial charge in [0.05, 0.1) is 12.1 Å². The summed E-state index contributed by atoms with van der Waals surface area (Å²) in [5.74, 6) is 1.14. The topological polar surface area (TPSA) is 34.1 Å². The van der Waals surface area contributed by atoms with Gasteiger partial charge in [0.15, 0.2) is 0 Å². The van der Waals surface area contributed by atoms with Gasteiger partial charge in [-0.25, -0.2) is 4.39 Å². The van der Waals surface area contributed by atoms with Crippen LogP contribution in [0.5, 0.6) is 5.75 Å². The van der Waals surface area contributed by atoms with Crippen molar-refractivity contribution in [2.24, 2.45) is 0 Å². The van der Waals surface area contributed by atoms with Crippen LogP contribution in [0.4, 0.5) is 15.8 Å². The molecule has 1 aromatic heterocycles. The first-order chi connectivity index (χ1) is 12.6. The Balaban J connectivity index is 1.79. The molecule has 1 fully saturated rings. The molecule has 0 amide bonds. The molecule has 3 aromatic rings. The number of nitrogens with zero attached hydrogens (tertiary/aromatic N) is 1. The lowest BCUT2D eigenvalue weighted by Crippen LogP contribution is -2.11. The van der Waals surface area contributed by atoms with E-state index in [2.05, 4.69) is 11.4 Å². The van der Waals surface area contributed by atoms with E-state index in [1.165, 1.54) is 25.3 Å². The van der Waals surface area contributed by atoms with Crippen molar-refractivity contribution in [1.82, 2.24) is 4.98 Å². The summed E-state index contributed by atoms with van der Waals surface area (Å²) in [5, 5.41) is 4.38. The van der Waals surface area contributed by atoms with Gasteiger partial charge in [-0.3, -0.25) is 4.98 Å². The molecular formula is C22H23FN2O. The number of hydrogen-bond acceptors (Lipinski definition) is 3. The van der Waals surface area contributed by atoms with Crippen LogP contribution < -0.4 is 10.1 Å². The summed E-state index contributed by atoms with van der Waals surface area (Å²) in [6.07, 6.45) is 3.64. The minimum Gasteiger partial charge on any atom is -0.494 e. The summed E-state index contributed by atoms with van der Waals surface area (Å²) in [6.45, 7) is 4.35. The normalized spacial score (nSPS) is 14.3. The van der Waals surface area contributed by atoms with Crippen molar-refractivity contribution in [1.29, 1.82) is 0 Å². The molecule has 0 atom stereocenters. The second-order valence-corrected chi connectivity index (χ2v) is 6.92. The molecule has 1 aliphatic carbocycles. The predicted octanol–water partition coefficient (Wildman–Crippen LogP) is 6.09. The summed E-state index contributed by atoms with van der Waals surface area (Å²) in [6, 6.07) is 13.3. The molecule has 1 heterocycles. The Morgan fingerprint density at radius 1 is 1.15 bits per heavy atom. The Morgan fingerprint density at radius 3 is 2.69 bits per heavy atom. The van der Waals surface area contributed by atoms with Crippen LogP contribution in [0.3, 0.4) is 0 Å². The van der Waals surface area contributed by atoms with Crippen molar-refractivity contribution >= 4 is 22.3 Å². The van der Waals surface area contributed by atoms with Gasteiger partial charge >= 0.3 is 0 Å². The Kier molecular flexibility index (Phi) is 4.49. The van der Waals surface area contributed by atoms with E-state index < -0.39 is 0 Å². The van der Waals surface area contributed by atoms with Crippen LogP contribution in [0, 0.1) is 12.7 Å². The first-order valence-electron chi connectivity index (χ1n) is 9.24. The van der Waals surface area contributed by atoms with Crippen molar-refractivity contribution in [3.05, 3.63) is 59.5 Å². The lowest BCUT2D eigenvalue weighted by Gasteiger charge is -2.26. The minimum absolute atomic E-state index is 0.206. The summed E-state index contributed by atoms with van der Waals surface area (Å²) in [7, 11) is 0. The van der Waals surface area contributed by atoms with Crippen LogP contribution in [0.1, 0.15) is 43.4 Å². The second kappa shape index (κ2) is 6.94. The summed E-state index contributed by atoms with van der Waals surface area (Å²) in [4.78, 5) is 4.86. The monoisotopic (exact) mass is 350 g/mol. The number of rotatable bonds is 5. The third-order valence-corrected chi connectivity index (χ3v) is 5.09. The number of pyridine rings is 1. The number of aromatic nitrogens is 1. The first-order valence-corrected chi connectivity index (χ1v) is 9.24. The fourth-order valence-corrected chi connectivity index (χ4v) is 3.32. The average molecular weight is 350 g/mol. The van der Waals surface area contributed by atoms with Crippen LogP contribution in [-0.2, 0) is 0 Å². The number of ether oxygens (including phenoxy) is 1. The highest BCUT2D eigenvalue weighted by molar-refractivity contribution is 5.94. The van der Waals surface area contributed by atoms with Crippen molar-refractivity contribution < 1.29 is 9.13 Å². The maximum atomic E-state index is 14.0. The second-order valence-electron chi connectivity index (χ2n) is 6.92. The number of nitrogens with one attached hydrogen (secondary N) is 1. The minimum atomic E-state index is -0.206. The standard InChI is InChI=1S/C22H23FN2O/c1-3-26-17-9-10-20-18(12-17)22(13-21(25-20)15-5-4-6-15)24-16-8-7-14(2)19(23)11-16/h7-13,15H,3-6H2,1-2H3,(H,24,25). The zero-order valence-corrected chi connectivity index (χ0v) is 15.2. The molecule has 0 unspecified atom stereocenters. The molecule has 26 heavy (non-hydrogen) atoms.